The van der Waals surface area contributed by atoms with E-state index >= 15 is 0 Å². The summed E-state index contributed by atoms with van der Waals surface area (Å²) in [6.45, 7) is 0.206. The fourth-order valence-electron chi connectivity index (χ4n) is 2.56. The highest BCUT2D eigenvalue weighted by Crippen LogP contribution is 2.17. The van der Waals surface area contributed by atoms with Gasteiger partial charge in [0.05, 0.1) is 11.5 Å². The number of aliphatic carboxylic acids is 1. The molecule has 0 spiro atoms. The number of carboxylic acids is 1. The first-order valence-corrected chi connectivity index (χ1v) is 7.66. The van der Waals surface area contributed by atoms with E-state index in [9.17, 15) is 24.5 Å². The van der Waals surface area contributed by atoms with Crippen LogP contribution in [0.4, 0.5) is 10.5 Å². The van der Waals surface area contributed by atoms with Gasteiger partial charge in [-0.1, -0.05) is 12.1 Å². The zero-order valence-electron chi connectivity index (χ0n) is 13.3. The van der Waals surface area contributed by atoms with E-state index in [0.29, 0.717) is 24.9 Å². The van der Waals surface area contributed by atoms with Crippen LogP contribution in [-0.4, -0.2) is 52.0 Å². The van der Waals surface area contributed by atoms with Gasteiger partial charge in [-0.2, -0.15) is 0 Å². The van der Waals surface area contributed by atoms with Gasteiger partial charge in [0.25, 0.3) is 5.69 Å². The Morgan fingerprint density at radius 2 is 1.92 bits per heavy atom. The Balaban J connectivity index is 1.76. The standard InChI is InChI=1S/C15H18N4O6/c20-13(18-7-1-2-12(18)14(21)22)9-17-15(23)16-8-10-3-5-11(6-4-10)19(24)25/h3-6,12H,1-2,7-9H2,(H,21,22)(H2,16,17,23)/t12-/m0/s1. The summed E-state index contributed by atoms with van der Waals surface area (Å²) in [6, 6.07) is 4.28. The lowest BCUT2D eigenvalue weighted by atomic mass is 10.2. The van der Waals surface area contributed by atoms with E-state index in [1.807, 2.05) is 0 Å². The van der Waals surface area contributed by atoms with Crippen molar-refractivity contribution in [3.8, 4) is 0 Å². The van der Waals surface area contributed by atoms with E-state index in [2.05, 4.69) is 10.6 Å². The Bertz CT molecular complexity index is 675. The van der Waals surface area contributed by atoms with Crippen LogP contribution in [-0.2, 0) is 16.1 Å². The van der Waals surface area contributed by atoms with Gasteiger partial charge in [-0.15, -0.1) is 0 Å². The largest absolute Gasteiger partial charge is 0.480 e. The molecule has 0 aliphatic carbocycles. The zero-order chi connectivity index (χ0) is 18.4. The second kappa shape index (κ2) is 8.08. The van der Waals surface area contributed by atoms with Crippen molar-refractivity contribution in [1.82, 2.24) is 15.5 Å². The van der Waals surface area contributed by atoms with Crippen LogP contribution >= 0.6 is 0 Å². The predicted octanol–water partition coefficient (Wildman–Crippen LogP) is 0.470. The third-order valence-corrected chi connectivity index (χ3v) is 3.86. The monoisotopic (exact) mass is 350 g/mol. The Labute approximate surface area is 143 Å². The summed E-state index contributed by atoms with van der Waals surface area (Å²) in [7, 11) is 0. The van der Waals surface area contributed by atoms with E-state index in [0.717, 1.165) is 0 Å². The van der Waals surface area contributed by atoms with E-state index in [1.54, 1.807) is 0 Å². The van der Waals surface area contributed by atoms with Crippen molar-refractivity contribution in [2.24, 2.45) is 0 Å². The maximum absolute atomic E-state index is 12.0. The molecule has 134 valence electrons. The van der Waals surface area contributed by atoms with Crippen LogP contribution in [0.15, 0.2) is 24.3 Å². The predicted molar refractivity (Wildman–Crippen MR) is 85.7 cm³/mol. The molecule has 1 aliphatic rings. The molecule has 10 nitrogen and oxygen atoms in total. The number of nitrogens with zero attached hydrogens (tertiary/aromatic N) is 2. The summed E-state index contributed by atoms with van der Waals surface area (Å²) in [6.07, 6.45) is 1.03. The van der Waals surface area contributed by atoms with E-state index in [-0.39, 0.29) is 18.8 Å². The number of urea groups is 1. The maximum Gasteiger partial charge on any atom is 0.326 e. The highest BCUT2D eigenvalue weighted by molar-refractivity contribution is 5.88. The number of likely N-dealkylation sites (tertiary alicyclic amines) is 1. The van der Waals surface area contributed by atoms with Crippen LogP contribution in [0.3, 0.4) is 0 Å². The van der Waals surface area contributed by atoms with Crippen LogP contribution < -0.4 is 10.6 Å². The van der Waals surface area contributed by atoms with Crippen molar-refractivity contribution in [3.05, 3.63) is 39.9 Å². The van der Waals surface area contributed by atoms with Crippen molar-refractivity contribution in [3.63, 3.8) is 0 Å². The molecule has 0 bridgehead atoms. The number of hydrogen-bond acceptors (Lipinski definition) is 5. The minimum atomic E-state index is -1.05. The number of nitro benzene ring substituents is 1. The number of rotatable bonds is 6. The fraction of sp³-hybridized carbons (Fsp3) is 0.400. The lowest BCUT2D eigenvalue weighted by Gasteiger charge is -2.21. The van der Waals surface area contributed by atoms with Crippen molar-refractivity contribution in [2.45, 2.75) is 25.4 Å². The van der Waals surface area contributed by atoms with Crippen molar-refractivity contribution in [1.29, 1.82) is 0 Å². The van der Waals surface area contributed by atoms with Crippen molar-refractivity contribution >= 4 is 23.6 Å². The fourth-order valence-corrected chi connectivity index (χ4v) is 2.56. The quantitative estimate of drug-likeness (QED) is 0.503. The summed E-state index contributed by atoms with van der Waals surface area (Å²) < 4.78 is 0. The molecule has 3 amide bonds. The molecule has 1 aliphatic heterocycles. The highest BCUT2D eigenvalue weighted by atomic mass is 16.6. The number of carbonyl (C=O) groups is 3. The molecule has 2 rings (SSSR count). The number of nitrogens with one attached hydrogen (secondary N) is 2. The number of nitro groups is 1. The van der Waals surface area contributed by atoms with E-state index in [1.165, 1.54) is 29.2 Å². The average molecular weight is 350 g/mol. The molecule has 1 heterocycles. The van der Waals surface area contributed by atoms with Gasteiger partial charge < -0.3 is 20.6 Å². The van der Waals surface area contributed by atoms with E-state index in [4.69, 9.17) is 5.11 Å². The molecule has 0 aromatic heterocycles. The second-order valence-corrected chi connectivity index (χ2v) is 5.54. The molecule has 1 saturated heterocycles. The Kier molecular flexibility index (Phi) is 5.88. The van der Waals surface area contributed by atoms with Gasteiger partial charge in [0.15, 0.2) is 0 Å². The molecule has 0 radical (unpaired) electrons. The summed E-state index contributed by atoms with van der Waals surface area (Å²) in [5.74, 6) is -1.50. The first kappa shape index (κ1) is 18.2. The second-order valence-electron chi connectivity index (χ2n) is 5.54. The average Bonchev–Trinajstić information content (AvgIpc) is 3.08. The van der Waals surface area contributed by atoms with Gasteiger partial charge in [0.2, 0.25) is 5.91 Å². The number of hydrogen-bond donors (Lipinski definition) is 3. The Morgan fingerprint density at radius 3 is 2.52 bits per heavy atom. The third kappa shape index (κ3) is 4.90. The van der Waals surface area contributed by atoms with Crippen LogP contribution in [0.5, 0.6) is 0 Å². The molecule has 10 heteroatoms. The molecule has 0 saturated carbocycles. The van der Waals surface area contributed by atoms with Gasteiger partial charge in [0.1, 0.15) is 6.04 Å². The Hall–Kier alpha value is -3.17. The van der Waals surface area contributed by atoms with Gasteiger partial charge >= 0.3 is 12.0 Å². The number of carbonyl (C=O) groups excluding carboxylic acids is 2. The lowest BCUT2D eigenvalue weighted by Crippen LogP contribution is -2.47. The number of non-ortho nitro benzene ring substituents is 1. The molecule has 1 atom stereocenters. The summed E-state index contributed by atoms with van der Waals surface area (Å²) in [4.78, 5) is 46.0. The normalized spacial score (nSPS) is 16.3. The molecule has 1 aromatic carbocycles. The minimum Gasteiger partial charge on any atom is -0.480 e. The summed E-state index contributed by atoms with van der Waals surface area (Å²) in [5.41, 5.74) is 0.620. The molecule has 1 aromatic rings. The molecule has 25 heavy (non-hydrogen) atoms. The molecule has 1 fully saturated rings. The van der Waals surface area contributed by atoms with Crippen LogP contribution in [0, 0.1) is 10.1 Å². The van der Waals surface area contributed by atoms with E-state index < -0.39 is 28.9 Å². The number of benzene rings is 1. The first-order valence-electron chi connectivity index (χ1n) is 7.66. The van der Waals surface area contributed by atoms with Gasteiger partial charge in [0, 0.05) is 25.2 Å². The molecular formula is C15H18N4O6. The molecular weight excluding hydrogens is 332 g/mol. The van der Waals surface area contributed by atoms with Crippen LogP contribution in [0.1, 0.15) is 18.4 Å². The third-order valence-electron chi connectivity index (χ3n) is 3.86. The topological polar surface area (TPSA) is 142 Å². The van der Waals surface area contributed by atoms with Crippen molar-refractivity contribution < 1.29 is 24.4 Å². The highest BCUT2D eigenvalue weighted by Gasteiger charge is 2.33. The lowest BCUT2D eigenvalue weighted by molar-refractivity contribution is -0.384. The minimum absolute atomic E-state index is 0.0441. The first-order chi connectivity index (χ1) is 11.9. The van der Waals surface area contributed by atoms with Gasteiger partial charge in [-0.05, 0) is 18.4 Å². The number of carboxylic acid groups (broad SMARTS) is 1. The SMILES string of the molecule is O=C(NCC(=O)N1CCC[C@H]1C(=O)O)NCc1ccc([N+](=O)[O-])cc1. The van der Waals surface area contributed by atoms with Gasteiger partial charge in [-0.3, -0.25) is 14.9 Å². The zero-order valence-corrected chi connectivity index (χ0v) is 13.3. The maximum atomic E-state index is 12.0. The Morgan fingerprint density at radius 1 is 1.24 bits per heavy atom. The number of amides is 3. The van der Waals surface area contributed by atoms with Crippen LogP contribution in [0.25, 0.3) is 0 Å². The summed E-state index contributed by atoms with van der Waals surface area (Å²) >= 11 is 0. The smallest absolute Gasteiger partial charge is 0.326 e. The van der Waals surface area contributed by atoms with Crippen LogP contribution in [0.2, 0.25) is 0 Å². The van der Waals surface area contributed by atoms with Gasteiger partial charge in [-0.25, -0.2) is 9.59 Å². The molecule has 0 unspecified atom stereocenters. The summed E-state index contributed by atoms with van der Waals surface area (Å²) in [5, 5.41) is 24.5. The molecule has 3 N–H and O–H groups in total. The van der Waals surface area contributed by atoms with Crippen molar-refractivity contribution in [2.75, 3.05) is 13.1 Å².